The minimum Gasteiger partial charge on any atom is -0.478 e. The summed E-state index contributed by atoms with van der Waals surface area (Å²) in [6, 6.07) is 6.24. The zero-order valence-corrected chi connectivity index (χ0v) is 10.1. The summed E-state index contributed by atoms with van der Waals surface area (Å²) >= 11 is 0. The molecule has 0 radical (unpaired) electrons. The Labute approximate surface area is 108 Å². The number of H-pyrrole nitrogens is 1. The van der Waals surface area contributed by atoms with Gasteiger partial charge < -0.3 is 15.8 Å². The van der Waals surface area contributed by atoms with Gasteiger partial charge in [0.25, 0.3) is 5.91 Å². The molecule has 0 atom stereocenters. The molecule has 0 bridgehead atoms. The van der Waals surface area contributed by atoms with Crippen molar-refractivity contribution in [1.29, 1.82) is 0 Å². The summed E-state index contributed by atoms with van der Waals surface area (Å²) in [4.78, 5) is 29.3. The molecule has 2 rings (SSSR count). The molecule has 1 aromatic heterocycles. The second kappa shape index (κ2) is 4.81. The molecule has 1 amide bonds. The van der Waals surface area contributed by atoms with Crippen LogP contribution < -0.4 is 11.1 Å². The van der Waals surface area contributed by atoms with Crippen LogP contribution >= 0.6 is 0 Å². The van der Waals surface area contributed by atoms with Crippen LogP contribution in [0.2, 0.25) is 0 Å². The number of fused-ring (bicyclic) bond motifs is 1. The normalized spacial score (nSPS) is 11.5. The number of carbonyl (C=O) groups excluding carboxylic acids is 1. The van der Waals surface area contributed by atoms with Crippen molar-refractivity contribution in [3.63, 3.8) is 0 Å². The third-order valence-electron chi connectivity index (χ3n) is 2.62. The first kappa shape index (κ1) is 12.6. The number of benzene rings is 1. The first-order chi connectivity index (χ1) is 9.02. The summed E-state index contributed by atoms with van der Waals surface area (Å²) in [5.41, 5.74) is 6.31. The van der Waals surface area contributed by atoms with Crippen molar-refractivity contribution in [1.82, 2.24) is 10.3 Å². The molecule has 0 fully saturated rings. The van der Waals surface area contributed by atoms with Gasteiger partial charge in [0.05, 0.1) is 5.56 Å². The number of nitrogens with zero attached hydrogens (tertiary/aromatic N) is 1. The van der Waals surface area contributed by atoms with Gasteiger partial charge in [-0.2, -0.15) is 0 Å². The fraction of sp³-hybridized carbons (Fsp3) is 0.0833. The number of aromatic nitrogens is 1. The largest absolute Gasteiger partial charge is 0.478 e. The van der Waals surface area contributed by atoms with Gasteiger partial charge >= 0.3 is 5.97 Å². The molecule has 5 N–H and O–H groups in total. The number of aliphatic imine (C=N–C) groups is 1. The van der Waals surface area contributed by atoms with Crippen LogP contribution in [0.5, 0.6) is 0 Å². The SMILES string of the molecule is CN=C(N)NC(=O)c1cc2c(C(=O)O)cccc2[nH]1. The number of rotatable bonds is 2. The Morgan fingerprint density at radius 3 is 2.79 bits per heavy atom. The van der Waals surface area contributed by atoms with E-state index in [2.05, 4.69) is 15.3 Å². The molecule has 98 valence electrons. The molecule has 19 heavy (non-hydrogen) atoms. The predicted molar refractivity (Wildman–Crippen MR) is 70.3 cm³/mol. The van der Waals surface area contributed by atoms with Gasteiger partial charge in [-0.3, -0.25) is 15.1 Å². The van der Waals surface area contributed by atoms with Gasteiger partial charge in [-0.15, -0.1) is 0 Å². The maximum absolute atomic E-state index is 11.8. The second-order valence-electron chi connectivity index (χ2n) is 3.82. The van der Waals surface area contributed by atoms with E-state index in [0.717, 1.165) is 0 Å². The molecule has 0 spiro atoms. The topological polar surface area (TPSA) is 121 Å². The van der Waals surface area contributed by atoms with Gasteiger partial charge in [0.15, 0.2) is 5.96 Å². The molecule has 2 aromatic rings. The maximum Gasteiger partial charge on any atom is 0.336 e. The van der Waals surface area contributed by atoms with E-state index >= 15 is 0 Å². The Bertz CT molecular complexity index is 687. The summed E-state index contributed by atoms with van der Waals surface area (Å²) in [5, 5.41) is 11.9. The number of hydrogen-bond donors (Lipinski definition) is 4. The van der Waals surface area contributed by atoms with Crippen LogP contribution in [-0.4, -0.2) is 35.0 Å². The smallest absolute Gasteiger partial charge is 0.336 e. The van der Waals surface area contributed by atoms with Crippen LogP contribution in [0.1, 0.15) is 20.8 Å². The number of carboxylic acid groups (broad SMARTS) is 1. The van der Waals surface area contributed by atoms with Gasteiger partial charge in [0.1, 0.15) is 5.69 Å². The number of aromatic amines is 1. The fourth-order valence-corrected chi connectivity index (χ4v) is 1.70. The zero-order chi connectivity index (χ0) is 14.0. The lowest BCUT2D eigenvalue weighted by Gasteiger charge is -2.00. The summed E-state index contributed by atoms with van der Waals surface area (Å²) in [5.74, 6) is -1.54. The lowest BCUT2D eigenvalue weighted by atomic mass is 10.1. The summed E-state index contributed by atoms with van der Waals surface area (Å²) in [7, 11) is 1.45. The average molecular weight is 260 g/mol. The highest BCUT2D eigenvalue weighted by Crippen LogP contribution is 2.20. The second-order valence-corrected chi connectivity index (χ2v) is 3.82. The van der Waals surface area contributed by atoms with Gasteiger partial charge in [-0.25, -0.2) is 4.79 Å². The van der Waals surface area contributed by atoms with Crippen LogP contribution in [0, 0.1) is 0 Å². The molecular weight excluding hydrogens is 248 g/mol. The van der Waals surface area contributed by atoms with Gasteiger partial charge in [0, 0.05) is 18.0 Å². The molecular formula is C12H12N4O3. The van der Waals surface area contributed by atoms with Crippen molar-refractivity contribution in [3.8, 4) is 0 Å². The number of amides is 1. The van der Waals surface area contributed by atoms with Gasteiger partial charge in [-0.05, 0) is 18.2 Å². The lowest BCUT2D eigenvalue weighted by molar-refractivity contribution is 0.0698. The molecule has 7 nitrogen and oxygen atoms in total. The van der Waals surface area contributed by atoms with Crippen LogP contribution in [0.15, 0.2) is 29.3 Å². The van der Waals surface area contributed by atoms with E-state index < -0.39 is 11.9 Å². The highest BCUT2D eigenvalue weighted by Gasteiger charge is 2.14. The molecule has 0 aliphatic carbocycles. The molecule has 0 saturated carbocycles. The van der Waals surface area contributed by atoms with Crippen molar-refractivity contribution in [2.75, 3.05) is 7.05 Å². The summed E-state index contributed by atoms with van der Waals surface area (Å²) < 4.78 is 0. The Kier molecular flexibility index (Phi) is 3.19. The summed E-state index contributed by atoms with van der Waals surface area (Å²) in [6.07, 6.45) is 0. The van der Waals surface area contributed by atoms with Crippen LogP contribution in [0.3, 0.4) is 0 Å². The van der Waals surface area contributed by atoms with E-state index in [1.54, 1.807) is 12.1 Å². The van der Waals surface area contributed by atoms with Crippen molar-refractivity contribution < 1.29 is 14.7 Å². The number of guanidine groups is 1. The zero-order valence-electron chi connectivity index (χ0n) is 10.1. The molecule has 1 heterocycles. The quantitative estimate of drug-likeness (QED) is 0.465. The number of nitrogens with two attached hydrogens (primary N) is 1. The molecule has 7 heteroatoms. The minimum atomic E-state index is -1.05. The van der Waals surface area contributed by atoms with Crippen LogP contribution in [-0.2, 0) is 0 Å². The number of aromatic carboxylic acids is 1. The Hall–Kier alpha value is -2.83. The standard InChI is InChI=1S/C12H12N4O3/c1-14-12(13)16-10(17)9-5-7-6(11(18)19)3-2-4-8(7)15-9/h2-5,15H,1H3,(H,18,19)(H3,13,14,16,17). The van der Waals surface area contributed by atoms with E-state index in [1.807, 2.05) is 0 Å². The van der Waals surface area contributed by atoms with E-state index in [1.165, 1.54) is 19.2 Å². The van der Waals surface area contributed by atoms with Crippen molar-refractivity contribution >= 4 is 28.7 Å². The highest BCUT2D eigenvalue weighted by atomic mass is 16.4. The van der Waals surface area contributed by atoms with Crippen LogP contribution in [0.25, 0.3) is 10.9 Å². The van der Waals surface area contributed by atoms with Crippen molar-refractivity contribution in [3.05, 3.63) is 35.5 Å². The third-order valence-corrected chi connectivity index (χ3v) is 2.62. The molecule has 0 saturated heterocycles. The monoisotopic (exact) mass is 260 g/mol. The van der Waals surface area contributed by atoms with E-state index in [9.17, 15) is 9.59 Å². The minimum absolute atomic E-state index is 0.0119. The molecule has 0 aliphatic rings. The third kappa shape index (κ3) is 2.39. The number of nitrogens with one attached hydrogen (secondary N) is 2. The fourth-order valence-electron chi connectivity index (χ4n) is 1.70. The van der Waals surface area contributed by atoms with Crippen molar-refractivity contribution in [2.45, 2.75) is 0 Å². The van der Waals surface area contributed by atoms with E-state index in [-0.39, 0.29) is 17.2 Å². The van der Waals surface area contributed by atoms with E-state index in [0.29, 0.717) is 10.9 Å². The van der Waals surface area contributed by atoms with Crippen molar-refractivity contribution in [2.24, 2.45) is 10.7 Å². The van der Waals surface area contributed by atoms with Crippen LogP contribution in [0.4, 0.5) is 0 Å². The molecule has 0 aliphatic heterocycles. The predicted octanol–water partition coefficient (Wildman–Crippen LogP) is 0.540. The summed E-state index contributed by atoms with van der Waals surface area (Å²) in [6.45, 7) is 0. The van der Waals surface area contributed by atoms with E-state index in [4.69, 9.17) is 10.8 Å². The molecule has 1 aromatic carbocycles. The first-order valence-corrected chi connectivity index (χ1v) is 5.41. The highest BCUT2D eigenvalue weighted by molar-refractivity contribution is 6.09. The number of carboxylic acids is 1. The van der Waals surface area contributed by atoms with Gasteiger partial charge in [0.2, 0.25) is 0 Å². The Morgan fingerprint density at radius 2 is 2.16 bits per heavy atom. The van der Waals surface area contributed by atoms with Gasteiger partial charge in [-0.1, -0.05) is 6.07 Å². The Balaban J connectivity index is 2.45. The number of carbonyl (C=O) groups is 2. The lowest BCUT2D eigenvalue weighted by Crippen LogP contribution is -2.36. The number of hydrogen-bond acceptors (Lipinski definition) is 3. The first-order valence-electron chi connectivity index (χ1n) is 5.41. The molecule has 0 unspecified atom stereocenters. The Morgan fingerprint density at radius 1 is 1.42 bits per heavy atom. The average Bonchev–Trinajstić information content (AvgIpc) is 2.81. The maximum atomic E-state index is 11.8.